The second-order valence-corrected chi connectivity index (χ2v) is 4.94. The number of ether oxygens (including phenoxy) is 1. The van der Waals surface area contributed by atoms with Crippen LogP contribution in [0.4, 0.5) is 5.69 Å². The molecule has 0 aliphatic carbocycles. The van der Waals surface area contributed by atoms with Gasteiger partial charge in [-0.2, -0.15) is 0 Å². The van der Waals surface area contributed by atoms with Crippen LogP contribution in [0.1, 0.15) is 29.8 Å². The summed E-state index contributed by atoms with van der Waals surface area (Å²) in [6.45, 7) is 6.26. The van der Waals surface area contributed by atoms with Gasteiger partial charge in [0, 0.05) is 24.3 Å². The second kappa shape index (κ2) is 7.11. The van der Waals surface area contributed by atoms with Crippen molar-refractivity contribution in [1.29, 1.82) is 0 Å². The van der Waals surface area contributed by atoms with E-state index in [1.165, 1.54) is 0 Å². The molecule has 0 spiro atoms. The third-order valence-corrected chi connectivity index (χ3v) is 2.79. The molecule has 0 heterocycles. The minimum Gasteiger partial charge on any atom is -0.398 e. The summed E-state index contributed by atoms with van der Waals surface area (Å²) in [7, 11) is 2.01. The molecule has 4 N–H and O–H groups in total. The van der Waals surface area contributed by atoms with E-state index in [0.29, 0.717) is 24.4 Å². The lowest BCUT2D eigenvalue weighted by Gasteiger charge is -2.19. The molecule has 19 heavy (non-hydrogen) atoms. The van der Waals surface area contributed by atoms with Crippen molar-refractivity contribution < 1.29 is 9.53 Å². The van der Waals surface area contributed by atoms with E-state index in [1.54, 1.807) is 12.1 Å². The van der Waals surface area contributed by atoms with E-state index in [-0.39, 0.29) is 6.10 Å². The average Bonchev–Trinajstić information content (AvgIpc) is 2.31. The summed E-state index contributed by atoms with van der Waals surface area (Å²) in [6.07, 6.45) is 0.244. The quantitative estimate of drug-likeness (QED) is 0.726. The first-order chi connectivity index (χ1) is 8.90. The van der Waals surface area contributed by atoms with Crippen molar-refractivity contribution >= 4 is 11.6 Å². The number of hydrogen-bond donors (Lipinski definition) is 2. The zero-order valence-corrected chi connectivity index (χ0v) is 11.8. The molecule has 0 radical (unpaired) electrons. The number of anilines is 1. The van der Waals surface area contributed by atoms with Crippen molar-refractivity contribution in [2.24, 2.45) is 5.73 Å². The third kappa shape index (κ3) is 5.28. The van der Waals surface area contributed by atoms with Gasteiger partial charge in [0.05, 0.1) is 12.7 Å². The molecule has 0 aliphatic heterocycles. The van der Waals surface area contributed by atoms with Gasteiger partial charge in [-0.3, -0.25) is 9.69 Å². The number of nitrogens with two attached hydrogens (primary N) is 2. The Kier molecular flexibility index (Phi) is 5.79. The predicted molar refractivity (Wildman–Crippen MR) is 76.8 cm³/mol. The number of carbonyl (C=O) groups is 1. The van der Waals surface area contributed by atoms with Crippen LogP contribution in [-0.4, -0.2) is 37.1 Å². The van der Waals surface area contributed by atoms with E-state index in [0.717, 1.165) is 12.1 Å². The summed E-state index contributed by atoms with van der Waals surface area (Å²) in [5.41, 5.74) is 13.1. The molecule has 0 saturated carbocycles. The third-order valence-electron chi connectivity index (χ3n) is 2.79. The molecule has 0 bridgehead atoms. The van der Waals surface area contributed by atoms with E-state index in [9.17, 15) is 4.79 Å². The highest BCUT2D eigenvalue weighted by atomic mass is 16.5. The first-order valence-electron chi connectivity index (χ1n) is 6.38. The molecule has 0 aliphatic rings. The Morgan fingerprint density at radius 1 is 1.42 bits per heavy atom. The first kappa shape index (κ1) is 15.5. The van der Waals surface area contributed by atoms with Gasteiger partial charge in [0.2, 0.25) is 5.91 Å². The second-order valence-electron chi connectivity index (χ2n) is 4.94. The number of likely N-dealkylation sites (N-methyl/N-ethyl adjacent to an activating group) is 1. The molecule has 1 rings (SSSR count). The molecule has 5 nitrogen and oxygen atoms in total. The van der Waals surface area contributed by atoms with Crippen molar-refractivity contribution in [1.82, 2.24) is 4.90 Å². The molecule has 0 fully saturated rings. The Balaban J connectivity index is 2.54. The van der Waals surface area contributed by atoms with E-state index < -0.39 is 5.91 Å². The van der Waals surface area contributed by atoms with Crippen molar-refractivity contribution in [3.8, 4) is 0 Å². The lowest BCUT2D eigenvalue weighted by molar-refractivity contribution is 0.0627. The Hall–Kier alpha value is -1.59. The highest BCUT2D eigenvalue weighted by Gasteiger charge is 2.07. The van der Waals surface area contributed by atoms with Gasteiger partial charge >= 0.3 is 0 Å². The number of hydrogen-bond acceptors (Lipinski definition) is 4. The van der Waals surface area contributed by atoms with E-state index in [1.807, 2.05) is 27.0 Å². The van der Waals surface area contributed by atoms with Gasteiger partial charge in [0.15, 0.2) is 0 Å². The molecule has 5 heteroatoms. The molecular weight excluding hydrogens is 242 g/mol. The van der Waals surface area contributed by atoms with Crippen molar-refractivity contribution in [3.63, 3.8) is 0 Å². The van der Waals surface area contributed by atoms with Gasteiger partial charge in [-0.15, -0.1) is 0 Å². The number of nitrogens with zero attached hydrogens (tertiary/aromatic N) is 1. The smallest absolute Gasteiger partial charge is 0.248 e. The van der Waals surface area contributed by atoms with Gasteiger partial charge in [0.1, 0.15) is 0 Å². The van der Waals surface area contributed by atoms with Crippen LogP contribution in [-0.2, 0) is 11.3 Å². The van der Waals surface area contributed by atoms with Crippen LogP contribution in [0.2, 0.25) is 0 Å². The molecule has 0 unspecified atom stereocenters. The summed E-state index contributed by atoms with van der Waals surface area (Å²) < 4.78 is 5.50. The molecule has 1 amide bonds. The fraction of sp³-hybridized carbons (Fsp3) is 0.500. The average molecular weight is 265 g/mol. The van der Waals surface area contributed by atoms with Gasteiger partial charge in [-0.1, -0.05) is 6.07 Å². The number of rotatable bonds is 7. The standard InChI is InChI=1S/C14H23N3O2/c1-10(2)19-7-6-17(3)9-12-5-4-11(14(16)18)8-13(12)15/h4-5,8,10H,6-7,9,15H2,1-3H3,(H2,16,18). The first-order valence-corrected chi connectivity index (χ1v) is 6.38. The van der Waals surface area contributed by atoms with E-state index >= 15 is 0 Å². The number of amides is 1. The molecule has 1 aromatic carbocycles. The summed E-state index contributed by atoms with van der Waals surface area (Å²) in [5, 5.41) is 0. The largest absolute Gasteiger partial charge is 0.398 e. The molecule has 1 aromatic rings. The van der Waals surface area contributed by atoms with Crippen LogP contribution in [0.5, 0.6) is 0 Å². The molecular formula is C14H23N3O2. The van der Waals surface area contributed by atoms with Crippen LogP contribution in [0.15, 0.2) is 18.2 Å². The highest BCUT2D eigenvalue weighted by molar-refractivity contribution is 5.93. The number of primary amides is 1. The van der Waals surface area contributed by atoms with E-state index in [4.69, 9.17) is 16.2 Å². The van der Waals surface area contributed by atoms with Crippen LogP contribution < -0.4 is 11.5 Å². The summed E-state index contributed by atoms with van der Waals surface area (Å²) in [4.78, 5) is 13.2. The molecule has 0 saturated heterocycles. The van der Waals surface area contributed by atoms with Gasteiger partial charge in [0.25, 0.3) is 0 Å². The minimum absolute atomic E-state index is 0.244. The summed E-state index contributed by atoms with van der Waals surface area (Å²) in [5.74, 6) is -0.461. The maximum absolute atomic E-state index is 11.0. The topological polar surface area (TPSA) is 81.6 Å². The van der Waals surface area contributed by atoms with Crippen LogP contribution in [0, 0.1) is 0 Å². The Morgan fingerprint density at radius 2 is 2.11 bits per heavy atom. The Bertz CT molecular complexity index is 433. The van der Waals surface area contributed by atoms with Gasteiger partial charge in [-0.05, 0) is 38.6 Å². The van der Waals surface area contributed by atoms with Crippen LogP contribution >= 0.6 is 0 Å². The highest BCUT2D eigenvalue weighted by Crippen LogP contribution is 2.15. The fourth-order valence-electron chi connectivity index (χ4n) is 1.71. The van der Waals surface area contributed by atoms with Crippen molar-refractivity contribution in [3.05, 3.63) is 29.3 Å². The number of nitrogen functional groups attached to an aromatic ring is 1. The molecule has 0 atom stereocenters. The Labute approximate surface area is 114 Å². The van der Waals surface area contributed by atoms with E-state index in [2.05, 4.69) is 4.90 Å². The van der Waals surface area contributed by atoms with Crippen LogP contribution in [0.3, 0.4) is 0 Å². The fourth-order valence-corrected chi connectivity index (χ4v) is 1.71. The van der Waals surface area contributed by atoms with Crippen molar-refractivity contribution in [2.45, 2.75) is 26.5 Å². The predicted octanol–water partition coefficient (Wildman–Crippen LogP) is 1.22. The maximum Gasteiger partial charge on any atom is 0.248 e. The summed E-state index contributed by atoms with van der Waals surface area (Å²) in [6, 6.07) is 5.16. The van der Waals surface area contributed by atoms with Gasteiger partial charge in [-0.25, -0.2) is 0 Å². The SMILES string of the molecule is CC(C)OCCN(C)Cc1ccc(C(N)=O)cc1N. The van der Waals surface area contributed by atoms with Gasteiger partial charge < -0.3 is 16.2 Å². The number of benzene rings is 1. The van der Waals surface area contributed by atoms with Crippen LogP contribution in [0.25, 0.3) is 0 Å². The monoisotopic (exact) mass is 265 g/mol. The normalized spacial score (nSPS) is 11.2. The molecule has 106 valence electrons. The van der Waals surface area contributed by atoms with Crippen molar-refractivity contribution in [2.75, 3.05) is 25.9 Å². The molecule has 0 aromatic heterocycles. The number of carbonyl (C=O) groups excluding carboxylic acids is 1. The summed E-state index contributed by atoms with van der Waals surface area (Å²) >= 11 is 0. The zero-order chi connectivity index (χ0) is 14.4. The lowest BCUT2D eigenvalue weighted by atomic mass is 10.1. The zero-order valence-electron chi connectivity index (χ0n) is 11.8. The minimum atomic E-state index is -0.461. The lowest BCUT2D eigenvalue weighted by Crippen LogP contribution is -2.24. The Morgan fingerprint density at radius 3 is 2.63 bits per heavy atom. The maximum atomic E-state index is 11.0.